The molecule has 0 spiro atoms. The Bertz CT molecular complexity index is 799. The van der Waals surface area contributed by atoms with Gasteiger partial charge in [-0.3, -0.25) is 4.90 Å². The standard InChI is InChI=1S/C25H33NO3/c1-27-23-15-20-14-21(25(29-3)22(20)16-24(23)28-2)13-18-9-11-26(12-10-18)17-19-7-5-4-6-8-19/h4-8,15-16,18,21,25H,9-14,17H2,1-3H3/t21-,25?/m0/s1. The molecule has 0 amide bonds. The Morgan fingerprint density at radius 1 is 0.931 bits per heavy atom. The highest BCUT2D eigenvalue weighted by atomic mass is 16.5. The molecule has 0 saturated carbocycles. The lowest BCUT2D eigenvalue weighted by atomic mass is 9.85. The lowest BCUT2D eigenvalue weighted by molar-refractivity contribution is 0.0451. The van der Waals surface area contributed by atoms with E-state index in [2.05, 4.69) is 47.4 Å². The fourth-order valence-corrected chi connectivity index (χ4v) is 5.20. The Hall–Kier alpha value is -2.04. The molecule has 0 aromatic heterocycles. The molecule has 2 aromatic rings. The van der Waals surface area contributed by atoms with Gasteiger partial charge in [-0.25, -0.2) is 0 Å². The maximum atomic E-state index is 5.96. The normalized spacial score (nSPS) is 22.4. The summed E-state index contributed by atoms with van der Waals surface area (Å²) in [6, 6.07) is 15.1. The second kappa shape index (κ2) is 9.19. The third-order valence-electron chi connectivity index (χ3n) is 6.71. The maximum Gasteiger partial charge on any atom is 0.161 e. The number of nitrogens with zero attached hydrogens (tertiary/aromatic N) is 1. The van der Waals surface area contributed by atoms with Crippen LogP contribution >= 0.6 is 0 Å². The first-order valence-corrected chi connectivity index (χ1v) is 10.8. The zero-order chi connectivity index (χ0) is 20.2. The summed E-state index contributed by atoms with van der Waals surface area (Å²) >= 11 is 0. The largest absolute Gasteiger partial charge is 0.493 e. The summed E-state index contributed by atoms with van der Waals surface area (Å²) in [5.41, 5.74) is 4.04. The summed E-state index contributed by atoms with van der Waals surface area (Å²) < 4.78 is 17.0. The van der Waals surface area contributed by atoms with Crippen LogP contribution in [0.15, 0.2) is 42.5 Å². The molecule has 4 nitrogen and oxygen atoms in total. The summed E-state index contributed by atoms with van der Waals surface area (Å²) in [4.78, 5) is 2.60. The average Bonchev–Trinajstić information content (AvgIpc) is 3.10. The van der Waals surface area contributed by atoms with Gasteiger partial charge in [-0.1, -0.05) is 30.3 Å². The number of piperidine rings is 1. The Balaban J connectivity index is 1.36. The predicted octanol–water partition coefficient (Wildman–Crippen LogP) is 4.87. The molecule has 0 radical (unpaired) electrons. The number of methoxy groups -OCH3 is 3. The van der Waals surface area contributed by atoms with Crippen molar-refractivity contribution >= 4 is 0 Å². The quantitative estimate of drug-likeness (QED) is 0.669. The smallest absolute Gasteiger partial charge is 0.161 e. The van der Waals surface area contributed by atoms with Gasteiger partial charge in [0.1, 0.15) is 0 Å². The molecule has 4 heteroatoms. The van der Waals surface area contributed by atoms with Crippen LogP contribution in [0.2, 0.25) is 0 Å². The van der Waals surface area contributed by atoms with Crippen molar-refractivity contribution < 1.29 is 14.2 Å². The van der Waals surface area contributed by atoms with Crippen LogP contribution in [0.5, 0.6) is 11.5 Å². The summed E-state index contributed by atoms with van der Waals surface area (Å²) in [6.07, 6.45) is 5.02. The number of fused-ring (bicyclic) bond motifs is 1. The number of hydrogen-bond acceptors (Lipinski definition) is 4. The SMILES string of the molecule is COc1cc2c(cc1OC)C(OC)[C@@H](CC1CCN(Cc3ccccc3)CC1)C2. The van der Waals surface area contributed by atoms with Crippen molar-refractivity contribution in [1.82, 2.24) is 4.90 Å². The molecule has 2 aliphatic rings. The van der Waals surface area contributed by atoms with Crippen molar-refractivity contribution in [1.29, 1.82) is 0 Å². The van der Waals surface area contributed by atoms with Crippen molar-refractivity contribution in [3.63, 3.8) is 0 Å². The van der Waals surface area contributed by atoms with Gasteiger partial charge in [0.15, 0.2) is 11.5 Å². The summed E-state index contributed by atoms with van der Waals surface area (Å²) in [5.74, 6) is 2.93. The van der Waals surface area contributed by atoms with Gasteiger partial charge in [-0.05, 0) is 79.4 Å². The topological polar surface area (TPSA) is 30.9 Å². The number of hydrogen-bond donors (Lipinski definition) is 0. The van der Waals surface area contributed by atoms with E-state index in [-0.39, 0.29) is 6.10 Å². The molecule has 1 aliphatic carbocycles. The van der Waals surface area contributed by atoms with Gasteiger partial charge in [-0.15, -0.1) is 0 Å². The van der Waals surface area contributed by atoms with Crippen molar-refractivity contribution in [2.75, 3.05) is 34.4 Å². The van der Waals surface area contributed by atoms with Crippen LogP contribution in [0, 0.1) is 11.8 Å². The molecular formula is C25H33NO3. The Morgan fingerprint density at radius 3 is 2.28 bits per heavy atom. The molecule has 1 aliphatic heterocycles. The first-order chi connectivity index (χ1) is 14.2. The Kier molecular flexibility index (Phi) is 6.41. The van der Waals surface area contributed by atoms with Crippen molar-refractivity contribution in [2.45, 2.75) is 38.3 Å². The summed E-state index contributed by atoms with van der Waals surface area (Å²) in [5, 5.41) is 0. The molecular weight excluding hydrogens is 362 g/mol. The number of likely N-dealkylation sites (tertiary alicyclic amines) is 1. The number of ether oxygens (including phenoxy) is 3. The highest BCUT2D eigenvalue weighted by Crippen LogP contribution is 2.46. The minimum Gasteiger partial charge on any atom is -0.493 e. The van der Waals surface area contributed by atoms with Gasteiger partial charge in [0.2, 0.25) is 0 Å². The Morgan fingerprint density at radius 2 is 1.62 bits per heavy atom. The van der Waals surface area contributed by atoms with E-state index in [0.29, 0.717) is 5.92 Å². The van der Waals surface area contributed by atoms with Gasteiger partial charge < -0.3 is 14.2 Å². The van der Waals surface area contributed by atoms with E-state index in [4.69, 9.17) is 14.2 Å². The zero-order valence-electron chi connectivity index (χ0n) is 17.9. The van der Waals surface area contributed by atoms with E-state index in [1.165, 1.54) is 49.0 Å². The molecule has 1 fully saturated rings. The lowest BCUT2D eigenvalue weighted by Crippen LogP contribution is -2.34. The Labute approximate surface area is 174 Å². The minimum absolute atomic E-state index is 0.159. The first-order valence-electron chi connectivity index (χ1n) is 10.8. The molecule has 2 atom stereocenters. The molecule has 4 rings (SSSR count). The van der Waals surface area contributed by atoms with E-state index in [1.807, 2.05) is 7.11 Å². The van der Waals surface area contributed by atoms with Crippen LogP contribution in [0.1, 0.15) is 42.1 Å². The van der Waals surface area contributed by atoms with Gasteiger partial charge in [-0.2, -0.15) is 0 Å². The van der Waals surface area contributed by atoms with Gasteiger partial charge in [0, 0.05) is 13.7 Å². The third kappa shape index (κ3) is 4.44. The van der Waals surface area contributed by atoms with Crippen LogP contribution in [0.25, 0.3) is 0 Å². The van der Waals surface area contributed by atoms with E-state index < -0.39 is 0 Å². The first kappa shape index (κ1) is 20.2. The highest BCUT2D eigenvalue weighted by Gasteiger charge is 2.36. The molecule has 2 aromatic carbocycles. The van der Waals surface area contributed by atoms with Crippen LogP contribution in [-0.4, -0.2) is 39.3 Å². The molecule has 0 N–H and O–H groups in total. The fourth-order valence-electron chi connectivity index (χ4n) is 5.20. The predicted molar refractivity (Wildman–Crippen MR) is 116 cm³/mol. The van der Waals surface area contributed by atoms with Crippen molar-refractivity contribution in [3.8, 4) is 11.5 Å². The lowest BCUT2D eigenvalue weighted by Gasteiger charge is -2.34. The average molecular weight is 396 g/mol. The summed E-state index contributed by atoms with van der Waals surface area (Å²) in [7, 11) is 5.24. The second-order valence-electron chi connectivity index (χ2n) is 8.47. The summed E-state index contributed by atoms with van der Waals surface area (Å²) in [6.45, 7) is 3.46. The molecule has 1 heterocycles. The molecule has 29 heavy (non-hydrogen) atoms. The van der Waals surface area contributed by atoms with Crippen LogP contribution in [0.4, 0.5) is 0 Å². The van der Waals surface area contributed by atoms with Crippen molar-refractivity contribution in [3.05, 3.63) is 59.2 Å². The number of rotatable bonds is 7. The van der Waals surface area contributed by atoms with Gasteiger partial charge in [0.05, 0.1) is 20.3 Å². The molecule has 0 bridgehead atoms. The van der Waals surface area contributed by atoms with E-state index in [0.717, 1.165) is 30.4 Å². The van der Waals surface area contributed by atoms with Crippen LogP contribution < -0.4 is 9.47 Å². The molecule has 1 unspecified atom stereocenters. The number of benzene rings is 2. The van der Waals surface area contributed by atoms with Crippen LogP contribution in [0.3, 0.4) is 0 Å². The van der Waals surface area contributed by atoms with Gasteiger partial charge >= 0.3 is 0 Å². The van der Waals surface area contributed by atoms with E-state index in [1.54, 1.807) is 14.2 Å². The zero-order valence-corrected chi connectivity index (χ0v) is 17.9. The highest BCUT2D eigenvalue weighted by molar-refractivity contribution is 5.50. The molecule has 156 valence electrons. The van der Waals surface area contributed by atoms with Gasteiger partial charge in [0.25, 0.3) is 0 Å². The monoisotopic (exact) mass is 395 g/mol. The molecule has 1 saturated heterocycles. The maximum absolute atomic E-state index is 5.96. The fraction of sp³-hybridized carbons (Fsp3) is 0.520. The minimum atomic E-state index is 0.159. The van der Waals surface area contributed by atoms with Crippen LogP contribution in [-0.2, 0) is 17.7 Å². The third-order valence-corrected chi connectivity index (χ3v) is 6.71. The van der Waals surface area contributed by atoms with E-state index >= 15 is 0 Å². The van der Waals surface area contributed by atoms with E-state index in [9.17, 15) is 0 Å². The van der Waals surface area contributed by atoms with Crippen molar-refractivity contribution in [2.24, 2.45) is 11.8 Å². The second-order valence-corrected chi connectivity index (χ2v) is 8.47.